The van der Waals surface area contributed by atoms with Crippen molar-refractivity contribution >= 4 is 34.0 Å². The van der Waals surface area contributed by atoms with Crippen LogP contribution in [-0.2, 0) is 6.54 Å². The van der Waals surface area contributed by atoms with Crippen molar-refractivity contribution < 1.29 is 18.7 Å². The first-order valence-corrected chi connectivity index (χ1v) is 11.4. The molecule has 0 saturated carbocycles. The van der Waals surface area contributed by atoms with Crippen molar-refractivity contribution in [1.29, 1.82) is 0 Å². The summed E-state index contributed by atoms with van der Waals surface area (Å²) in [5.74, 6) is 0.830. The van der Waals surface area contributed by atoms with Gasteiger partial charge < -0.3 is 24.1 Å². The van der Waals surface area contributed by atoms with Crippen molar-refractivity contribution in [2.24, 2.45) is 0 Å². The Balaban J connectivity index is 1.35. The van der Waals surface area contributed by atoms with Gasteiger partial charge in [0.15, 0.2) is 17.1 Å². The van der Waals surface area contributed by atoms with Gasteiger partial charge in [-0.05, 0) is 68.2 Å². The van der Waals surface area contributed by atoms with Crippen LogP contribution in [0.2, 0.25) is 0 Å². The standard InChI is InChI=1S/C24H23N3O5S/c1-26(2)9-10-27-17-14-16(4-6-18(17)32-24(27)29)25-23(28)22-8-7-21(33-22)15-3-5-19-20(13-15)31-12-11-30-19/h3-8,13-14H,9-12H2,1-2H3,(H,25,28). The molecule has 3 heterocycles. The summed E-state index contributed by atoms with van der Waals surface area (Å²) in [4.78, 5) is 28.6. The van der Waals surface area contributed by atoms with Crippen molar-refractivity contribution in [3.8, 4) is 21.9 Å². The molecule has 5 rings (SSSR count). The molecule has 1 N–H and O–H groups in total. The van der Waals surface area contributed by atoms with Gasteiger partial charge in [0.05, 0.1) is 10.4 Å². The summed E-state index contributed by atoms with van der Waals surface area (Å²) in [7, 11) is 3.89. The largest absolute Gasteiger partial charge is 0.486 e. The van der Waals surface area contributed by atoms with Crippen LogP contribution in [0.1, 0.15) is 9.67 Å². The molecule has 1 aliphatic heterocycles. The molecule has 0 bridgehead atoms. The highest BCUT2D eigenvalue weighted by atomic mass is 32.1. The van der Waals surface area contributed by atoms with Crippen molar-refractivity contribution in [3.05, 3.63) is 64.0 Å². The number of hydrogen-bond acceptors (Lipinski definition) is 7. The molecule has 0 saturated heterocycles. The van der Waals surface area contributed by atoms with Gasteiger partial charge in [0.1, 0.15) is 13.2 Å². The summed E-state index contributed by atoms with van der Waals surface area (Å²) in [6.45, 7) is 2.27. The topological polar surface area (TPSA) is 85.9 Å². The quantitative estimate of drug-likeness (QED) is 0.465. The zero-order valence-corrected chi connectivity index (χ0v) is 19.1. The maximum Gasteiger partial charge on any atom is 0.419 e. The van der Waals surface area contributed by atoms with E-state index in [4.69, 9.17) is 13.9 Å². The van der Waals surface area contributed by atoms with E-state index in [1.807, 2.05) is 43.3 Å². The first-order valence-electron chi connectivity index (χ1n) is 10.6. The fourth-order valence-electron chi connectivity index (χ4n) is 3.66. The Morgan fingerprint density at radius 1 is 1.06 bits per heavy atom. The van der Waals surface area contributed by atoms with Gasteiger partial charge in [-0.1, -0.05) is 0 Å². The van der Waals surface area contributed by atoms with Crippen LogP contribution >= 0.6 is 11.3 Å². The van der Waals surface area contributed by atoms with Crippen LogP contribution in [0, 0.1) is 0 Å². The van der Waals surface area contributed by atoms with Crippen LogP contribution < -0.4 is 20.5 Å². The zero-order chi connectivity index (χ0) is 22.9. The lowest BCUT2D eigenvalue weighted by molar-refractivity contribution is 0.103. The van der Waals surface area contributed by atoms with Crippen molar-refractivity contribution in [2.75, 3.05) is 39.2 Å². The van der Waals surface area contributed by atoms with E-state index >= 15 is 0 Å². The number of benzene rings is 2. The smallest absolute Gasteiger partial charge is 0.419 e. The first-order chi connectivity index (χ1) is 16.0. The van der Waals surface area contributed by atoms with Crippen LogP contribution in [0.5, 0.6) is 11.5 Å². The number of oxazole rings is 1. The summed E-state index contributed by atoms with van der Waals surface area (Å²) in [5, 5.41) is 2.93. The number of nitrogens with zero attached hydrogens (tertiary/aromatic N) is 2. The van der Waals surface area contributed by atoms with Crippen LogP contribution in [0.3, 0.4) is 0 Å². The summed E-state index contributed by atoms with van der Waals surface area (Å²) in [5.41, 5.74) is 2.71. The number of anilines is 1. The van der Waals surface area contributed by atoms with Gasteiger partial charge in [0.2, 0.25) is 0 Å². The van der Waals surface area contributed by atoms with Gasteiger partial charge in [-0.25, -0.2) is 4.79 Å². The number of thiophene rings is 1. The van der Waals surface area contributed by atoms with Crippen molar-refractivity contribution in [2.45, 2.75) is 6.54 Å². The molecule has 0 fully saturated rings. The number of likely N-dealkylation sites (N-methyl/N-ethyl adjacent to an activating group) is 1. The molecule has 0 aliphatic carbocycles. The highest BCUT2D eigenvalue weighted by molar-refractivity contribution is 7.17. The zero-order valence-electron chi connectivity index (χ0n) is 18.3. The normalized spacial score (nSPS) is 12.9. The van der Waals surface area contributed by atoms with Gasteiger partial charge in [0, 0.05) is 23.7 Å². The van der Waals surface area contributed by atoms with Crippen LogP contribution in [0.4, 0.5) is 5.69 Å². The molecule has 0 atom stereocenters. The van der Waals surface area contributed by atoms with E-state index < -0.39 is 5.76 Å². The molecule has 1 aliphatic rings. The van der Waals surface area contributed by atoms with E-state index in [-0.39, 0.29) is 5.91 Å². The minimum absolute atomic E-state index is 0.214. The van der Waals surface area contributed by atoms with E-state index in [9.17, 15) is 9.59 Å². The molecule has 2 aromatic carbocycles. The summed E-state index contributed by atoms with van der Waals surface area (Å²) in [6, 6.07) is 14.7. The number of fused-ring (bicyclic) bond motifs is 2. The Morgan fingerprint density at radius 2 is 1.88 bits per heavy atom. The van der Waals surface area contributed by atoms with Gasteiger partial charge in [0.25, 0.3) is 5.91 Å². The highest BCUT2D eigenvalue weighted by Gasteiger charge is 2.16. The molecular weight excluding hydrogens is 442 g/mol. The van der Waals surface area contributed by atoms with Crippen LogP contribution in [0.25, 0.3) is 21.5 Å². The molecule has 1 amide bonds. The number of hydrogen-bond donors (Lipinski definition) is 1. The van der Waals surface area contributed by atoms with E-state index in [2.05, 4.69) is 5.32 Å². The molecule has 33 heavy (non-hydrogen) atoms. The molecule has 170 valence electrons. The molecule has 2 aromatic heterocycles. The van der Waals surface area contributed by atoms with Crippen molar-refractivity contribution in [1.82, 2.24) is 9.47 Å². The average Bonchev–Trinajstić information content (AvgIpc) is 3.42. The van der Waals surface area contributed by atoms with Gasteiger partial charge in [-0.3, -0.25) is 9.36 Å². The highest BCUT2D eigenvalue weighted by Crippen LogP contribution is 2.37. The maximum atomic E-state index is 12.9. The Labute approximate surface area is 194 Å². The number of carbonyl (C=O) groups excluding carboxylic acids is 1. The summed E-state index contributed by atoms with van der Waals surface area (Å²) < 4.78 is 18.1. The van der Waals surface area contributed by atoms with E-state index in [0.717, 1.165) is 16.2 Å². The lowest BCUT2D eigenvalue weighted by atomic mass is 10.1. The fourth-order valence-corrected chi connectivity index (χ4v) is 4.55. The molecule has 0 spiro atoms. The number of carbonyl (C=O) groups is 1. The van der Waals surface area contributed by atoms with Crippen LogP contribution in [-0.4, -0.2) is 49.2 Å². The van der Waals surface area contributed by atoms with E-state index in [1.165, 1.54) is 11.3 Å². The second-order valence-electron chi connectivity index (χ2n) is 7.98. The third-order valence-corrected chi connectivity index (χ3v) is 6.49. The third kappa shape index (κ3) is 4.37. The number of rotatable bonds is 6. The second kappa shape index (κ2) is 8.76. The number of nitrogens with one attached hydrogen (secondary N) is 1. The third-order valence-electron chi connectivity index (χ3n) is 5.35. The van der Waals surface area contributed by atoms with Gasteiger partial charge >= 0.3 is 5.76 Å². The van der Waals surface area contributed by atoms with Gasteiger partial charge in [-0.15, -0.1) is 11.3 Å². The monoisotopic (exact) mass is 465 g/mol. The molecule has 8 nitrogen and oxygen atoms in total. The predicted molar refractivity (Wildman–Crippen MR) is 128 cm³/mol. The molecule has 4 aromatic rings. The van der Waals surface area contributed by atoms with E-state index in [0.29, 0.717) is 53.7 Å². The number of amides is 1. The maximum absolute atomic E-state index is 12.9. The SMILES string of the molecule is CN(C)CCn1c(=O)oc2ccc(NC(=O)c3ccc(-c4ccc5c(c4)OCCO5)s3)cc21. The average molecular weight is 466 g/mol. The number of aromatic nitrogens is 1. The van der Waals surface area contributed by atoms with Gasteiger partial charge in [-0.2, -0.15) is 0 Å². The Bertz CT molecular complexity index is 1380. The first kappa shape index (κ1) is 21.3. The lowest BCUT2D eigenvalue weighted by Gasteiger charge is -2.18. The Morgan fingerprint density at radius 3 is 2.70 bits per heavy atom. The number of ether oxygens (including phenoxy) is 2. The Hall–Kier alpha value is -3.56. The summed E-state index contributed by atoms with van der Waals surface area (Å²) in [6.07, 6.45) is 0. The summed E-state index contributed by atoms with van der Waals surface area (Å²) >= 11 is 1.40. The van der Waals surface area contributed by atoms with Crippen molar-refractivity contribution in [3.63, 3.8) is 0 Å². The van der Waals surface area contributed by atoms with E-state index in [1.54, 1.807) is 28.8 Å². The fraction of sp³-hybridized carbons (Fsp3) is 0.250. The Kier molecular flexibility index (Phi) is 5.65. The van der Waals surface area contributed by atoms with Crippen LogP contribution in [0.15, 0.2) is 57.7 Å². The molecule has 0 unspecified atom stereocenters. The predicted octanol–water partition coefficient (Wildman–Crippen LogP) is 3.91. The molecular formula is C24H23N3O5S. The second-order valence-corrected chi connectivity index (χ2v) is 9.07. The minimum Gasteiger partial charge on any atom is -0.486 e. The minimum atomic E-state index is -0.405. The lowest BCUT2D eigenvalue weighted by Crippen LogP contribution is -2.23. The molecule has 9 heteroatoms. The molecule has 0 radical (unpaired) electrons.